The van der Waals surface area contributed by atoms with Crippen molar-refractivity contribution >= 4 is 29.4 Å². The van der Waals surface area contributed by atoms with Gasteiger partial charge in [-0.15, -0.1) is 11.8 Å². The summed E-state index contributed by atoms with van der Waals surface area (Å²) in [7, 11) is 0. The molecule has 0 spiro atoms. The van der Waals surface area contributed by atoms with E-state index in [2.05, 4.69) is 63.5 Å². The van der Waals surface area contributed by atoms with Crippen LogP contribution in [0.2, 0.25) is 0 Å². The smallest absolute Gasteiger partial charge is 0.223 e. The minimum Gasteiger partial charge on any atom is -0.507 e. The van der Waals surface area contributed by atoms with E-state index in [0.29, 0.717) is 24.1 Å². The first-order chi connectivity index (χ1) is 16.5. The molecular formula is C29H48N2O2S2. The summed E-state index contributed by atoms with van der Waals surface area (Å²) < 4.78 is 0. The highest BCUT2D eigenvalue weighted by Gasteiger charge is 2.28. The van der Waals surface area contributed by atoms with Crippen LogP contribution in [0.15, 0.2) is 17.0 Å². The minimum absolute atomic E-state index is 0.0992. The molecule has 0 saturated carbocycles. The molecule has 4 nitrogen and oxygen atoms in total. The Labute approximate surface area is 223 Å². The molecule has 198 valence electrons. The van der Waals surface area contributed by atoms with Crippen molar-refractivity contribution in [3.63, 3.8) is 0 Å². The molecule has 2 saturated heterocycles. The van der Waals surface area contributed by atoms with Gasteiger partial charge in [0.1, 0.15) is 5.75 Å². The molecule has 1 N–H and O–H groups in total. The predicted octanol–water partition coefficient (Wildman–Crippen LogP) is 6.68. The molecule has 1 amide bonds. The van der Waals surface area contributed by atoms with Gasteiger partial charge in [0.05, 0.1) is 0 Å². The fourth-order valence-electron chi connectivity index (χ4n) is 5.24. The van der Waals surface area contributed by atoms with Crippen molar-refractivity contribution in [2.24, 2.45) is 0 Å². The summed E-state index contributed by atoms with van der Waals surface area (Å²) in [4.78, 5) is 18.7. The Morgan fingerprint density at radius 2 is 1.46 bits per heavy atom. The number of carbonyl (C=O) groups is 1. The number of aromatic hydroxyl groups is 1. The summed E-state index contributed by atoms with van der Waals surface area (Å²) >= 11 is 3.74. The second-order valence-electron chi connectivity index (χ2n) is 12.3. The SMILES string of the molecule is CC(C)(C)c1cc(SCCSCCC(=O)N2CCC(N3CCCCC3)CC2)cc(C(C)(C)C)c1O. The van der Waals surface area contributed by atoms with E-state index in [1.165, 1.54) is 37.2 Å². The zero-order valence-electron chi connectivity index (χ0n) is 23.0. The van der Waals surface area contributed by atoms with E-state index in [4.69, 9.17) is 0 Å². The third kappa shape index (κ3) is 8.33. The Kier molecular flexibility index (Phi) is 10.3. The number of carbonyl (C=O) groups excluding carboxylic acids is 1. The van der Waals surface area contributed by atoms with Gasteiger partial charge in [-0.1, -0.05) is 48.0 Å². The van der Waals surface area contributed by atoms with Gasteiger partial charge in [0.15, 0.2) is 0 Å². The van der Waals surface area contributed by atoms with Crippen molar-refractivity contribution in [2.75, 3.05) is 43.4 Å². The first-order valence-electron chi connectivity index (χ1n) is 13.6. The van der Waals surface area contributed by atoms with E-state index in [1.807, 2.05) is 23.5 Å². The second-order valence-corrected chi connectivity index (χ2v) is 14.7. The lowest BCUT2D eigenvalue weighted by Gasteiger charge is -2.40. The maximum absolute atomic E-state index is 12.7. The normalized spacial score (nSPS) is 18.7. The monoisotopic (exact) mass is 520 g/mol. The van der Waals surface area contributed by atoms with Crippen molar-refractivity contribution in [3.05, 3.63) is 23.3 Å². The van der Waals surface area contributed by atoms with Crippen molar-refractivity contribution in [1.82, 2.24) is 9.80 Å². The van der Waals surface area contributed by atoms with E-state index in [-0.39, 0.29) is 10.8 Å². The Bertz CT molecular complexity index is 795. The molecule has 1 aromatic rings. The van der Waals surface area contributed by atoms with Crippen LogP contribution in [0.1, 0.15) is 91.2 Å². The van der Waals surface area contributed by atoms with Crippen LogP contribution in [0, 0.1) is 0 Å². The summed E-state index contributed by atoms with van der Waals surface area (Å²) in [5.41, 5.74) is 1.85. The second kappa shape index (κ2) is 12.6. The summed E-state index contributed by atoms with van der Waals surface area (Å²) in [5, 5.41) is 10.9. The highest BCUT2D eigenvalue weighted by atomic mass is 32.2. The molecule has 2 heterocycles. The molecule has 2 aliphatic heterocycles. The molecule has 0 aliphatic carbocycles. The van der Waals surface area contributed by atoms with Gasteiger partial charge < -0.3 is 14.9 Å². The fraction of sp³-hybridized carbons (Fsp3) is 0.759. The number of hydrogen-bond donors (Lipinski definition) is 1. The number of amides is 1. The first-order valence-corrected chi connectivity index (χ1v) is 15.7. The van der Waals surface area contributed by atoms with E-state index in [1.54, 1.807) is 0 Å². The summed E-state index contributed by atoms with van der Waals surface area (Å²) in [6.45, 7) is 17.3. The molecule has 35 heavy (non-hydrogen) atoms. The number of piperidine rings is 2. The minimum atomic E-state index is -0.0992. The van der Waals surface area contributed by atoms with Crippen LogP contribution < -0.4 is 0 Å². The number of likely N-dealkylation sites (tertiary alicyclic amines) is 2. The van der Waals surface area contributed by atoms with Gasteiger partial charge in [0.2, 0.25) is 5.91 Å². The summed E-state index contributed by atoms with van der Waals surface area (Å²) in [6, 6.07) is 5.02. The highest BCUT2D eigenvalue weighted by molar-refractivity contribution is 8.02. The third-order valence-electron chi connectivity index (χ3n) is 7.38. The van der Waals surface area contributed by atoms with Crippen LogP contribution >= 0.6 is 23.5 Å². The first kappa shape index (κ1) is 28.7. The van der Waals surface area contributed by atoms with Crippen LogP contribution in [-0.4, -0.2) is 70.3 Å². The Morgan fingerprint density at radius 1 is 0.886 bits per heavy atom. The van der Waals surface area contributed by atoms with E-state index in [0.717, 1.165) is 54.3 Å². The molecule has 3 rings (SSSR count). The summed E-state index contributed by atoms with van der Waals surface area (Å²) in [6.07, 6.45) is 7.03. The highest BCUT2D eigenvalue weighted by Crippen LogP contribution is 2.41. The van der Waals surface area contributed by atoms with Gasteiger partial charge in [0.25, 0.3) is 0 Å². The largest absolute Gasteiger partial charge is 0.507 e. The zero-order chi connectivity index (χ0) is 25.6. The number of nitrogens with zero attached hydrogens (tertiary/aromatic N) is 2. The number of hydrogen-bond acceptors (Lipinski definition) is 5. The molecule has 2 fully saturated rings. The van der Waals surface area contributed by atoms with Crippen LogP contribution in [-0.2, 0) is 15.6 Å². The Hall–Kier alpha value is -0.850. The molecule has 0 bridgehead atoms. The average Bonchev–Trinajstić information content (AvgIpc) is 2.81. The average molecular weight is 521 g/mol. The van der Waals surface area contributed by atoms with Crippen molar-refractivity contribution < 1.29 is 9.90 Å². The lowest BCUT2D eigenvalue weighted by Crippen LogP contribution is -2.48. The number of thioether (sulfide) groups is 2. The number of phenolic OH excluding ortho intramolecular Hbond substituents is 1. The molecule has 6 heteroatoms. The van der Waals surface area contributed by atoms with Gasteiger partial charge in [-0.2, -0.15) is 11.8 Å². The Balaban J connectivity index is 1.39. The zero-order valence-corrected chi connectivity index (χ0v) is 24.6. The van der Waals surface area contributed by atoms with Gasteiger partial charge in [-0.25, -0.2) is 0 Å². The van der Waals surface area contributed by atoms with Gasteiger partial charge in [0, 0.05) is 58.8 Å². The molecule has 0 radical (unpaired) electrons. The van der Waals surface area contributed by atoms with Crippen LogP contribution in [0.4, 0.5) is 0 Å². The van der Waals surface area contributed by atoms with Crippen molar-refractivity contribution in [2.45, 2.75) is 102 Å². The number of rotatable bonds is 8. The molecule has 0 unspecified atom stereocenters. The molecule has 0 aromatic heterocycles. The van der Waals surface area contributed by atoms with Crippen molar-refractivity contribution in [1.29, 1.82) is 0 Å². The van der Waals surface area contributed by atoms with E-state index < -0.39 is 0 Å². The number of benzene rings is 1. The van der Waals surface area contributed by atoms with Gasteiger partial charge in [-0.05, 0) is 61.7 Å². The van der Waals surface area contributed by atoms with Crippen LogP contribution in [0.5, 0.6) is 5.75 Å². The molecule has 0 atom stereocenters. The maximum Gasteiger partial charge on any atom is 0.223 e. The quantitative estimate of drug-likeness (QED) is 0.306. The number of phenols is 1. The lowest BCUT2D eigenvalue weighted by atomic mass is 9.79. The Morgan fingerprint density at radius 3 is 2.00 bits per heavy atom. The van der Waals surface area contributed by atoms with E-state index in [9.17, 15) is 9.90 Å². The van der Waals surface area contributed by atoms with Crippen LogP contribution in [0.3, 0.4) is 0 Å². The maximum atomic E-state index is 12.7. The molecule has 1 aromatic carbocycles. The molecular weight excluding hydrogens is 472 g/mol. The van der Waals surface area contributed by atoms with Gasteiger partial charge in [-0.3, -0.25) is 4.79 Å². The lowest BCUT2D eigenvalue weighted by molar-refractivity contribution is -0.132. The van der Waals surface area contributed by atoms with E-state index >= 15 is 0 Å². The predicted molar refractivity (Wildman–Crippen MR) is 153 cm³/mol. The summed E-state index contributed by atoms with van der Waals surface area (Å²) in [5.74, 6) is 3.73. The fourth-order valence-corrected chi connectivity index (χ4v) is 7.20. The van der Waals surface area contributed by atoms with Crippen LogP contribution in [0.25, 0.3) is 0 Å². The molecule has 2 aliphatic rings. The third-order valence-corrected chi connectivity index (χ3v) is 9.60. The van der Waals surface area contributed by atoms with Crippen molar-refractivity contribution in [3.8, 4) is 5.75 Å². The topological polar surface area (TPSA) is 43.8 Å². The standard InChI is InChI=1S/C29H48N2O2S2/c1-28(2,3)24-20-23(21-25(27(24)33)29(4,5)6)35-19-18-34-17-12-26(32)31-15-10-22(11-16-31)30-13-8-7-9-14-30/h20-22,33H,7-19H2,1-6H3. The van der Waals surface area contributed by atoms with Gasteiger partial charge >= 0.3 is 0 Å².